The first-order valence-electron chi connectivity index (χ1n) is 8.29. The van der Waals surface area contributed by atoms with Gasteiger partial charge in [-0.25, -0.2) is 4.98 Å². The third-order valence-electron chi connectivity index (χ3n) is 4.32. The quantitative estimate of drug-likeness (QED) is 0.608. The lowest BCUT2D eigenvalue weighted by atomic mass is 10.2. The number of aromatic nitrogens is 2. The SMILES string of the molecule is Cc1c(C)n(CC(C)C)c2c(OCc3cccc(Cl)c3)nccc12. The highest BCUT2D eigenvalue weighted by Gasteiger charge is 2.17. The van der Waals surface area contributed by atoms with Crippen LogP contribution in [-0.2, 0) is 13.2 Å². The Morgan fingerprint density at radius 2 is 2.00 bits per heavy atom. The molecule has 2 heterocycles. The number of rotatable bonds is 5. The first-order chi connectivity index (χ1) is 11.5. The third kappa shape index (κ3) is 3.27. The van der Waals surface area contributed by atoms with Crippen LogP contribution in [0.3, 0.4) is 0 Å². The number of pyridine rings is 1. The van der Waals surface area contributed by atoms with E-state index in [-0.39, 0.29) is 0 Å². The Labute approximate surface area is 148 Å². The van der Waals surface area contributed by atoms with Gasteiger partial charge in [0.2, 0.25) is 5.88 Å². The highest BCUT2D eigenvalue weighted by atomic mass is 35.5. The molecule has 1 aromatic carbocycles. The molecule has 0 fully saturated rings. The van der Waals surface area contributed by atoms with Gasteiger partial charge in [-0.3, -0.25) is 0 Å². The number of aryl methyl sites for hydroxylation is 1. The lowest BCUT2D eigenvalue weighted by Gasteiger charge is -2.14. The second-order valence-electron chi connectivity index (χ2n) is 6.65. The molecule has 3 rings (SSSR count). The minimum absolute atomic E-state index is 0.456. The maximum Gasteiger partial charge on any atom is 0.238 e. The van der Waals surface area contributed by atoms with E-state index in [0.717, 1.165) is 22.6 Å². The number of halogens is 1. The fraction of sp³-hybridized carbons (Fsp3) is 0.350. The van der Waals surface area contributed by atoms with Crippen LogP contribution in [0.15, 0.2) is 36.5 Å². The van der Waals surface area contributed by atoms with Crippen LogP contribution in [-0.4, -0.2) is 9.55 Å². The minimum Gasteiger partial charge on any atom is -0.471 e. The minimum atomic E-state index is 0.456. The molecule has 0 aliphatic rings. The molecule has 3 aromatic rings. The molecular formula is C20H23ClN2O. The molecule has 126 valence electrons. The lowest BCUT2D eigenvalue weighted by Crippen LogP contribution is -2.08. The molecule has 0 bridgehead atoms. The standard InChI is InChI=1S/C20H23ClN2O/c1-13(2)11-23-15(4)14(3)18-8-9-22-20(19(18)23)24-12-16-6-5-7-17(21)10-16/h5-10,13H,11-12H2,1-4H3. The van der Waals surface area contributed by atoms with Gasteiger partial charge in [-0.15, -0.1) is 0 Å². The van der Waals surface area contributed by atoms with Crippen molar-refractivity contribution < 1.29 is 4.74 Å². The van der Waals surface area contributed by atoms with Crippen LogP contribution in [0.5, 0.6) is 5.88 Å². The molecule has 0 amide bonds. The summed E-state index contributed by atoms with van der Waals surface area (Å²) in [4.78, 5) is 4.49. The van der Waals surface area contributed by atoms with Gasteiger partial charge >= 0.3 is 0 Å². The molecule has 4 heteroatoms. The number of hydrogen-bond donors (Lipinski definition) is 0. The molecule has 24 heavy (non-hydrogen) atoms. The topological polar surface area (TPSA) is 27.1 Å². The molecule has 0 radical (unpaired) electrons. The Morgan fingerprint density at radius 3 is 2.71 bits per heavy atom. The van der Waals surface area contributed by atoms with E-state index in [9.17, 15) is 0 Å². The summed E-state index contributed by atoms with van der Waals surface area (Å²) in [6.45, 7) is 10.2. The van der Waals surface area contributed by atoms with Gasteiger partial charge in [0.15, 0.2) is 0 Å². The first kappa shape index (κ1) is 16.8. The number of nitrogens with zero attached hydrogens (tertiary/aromatic N) is 2. The van der Waals surface area contributed by atoms with Gasteiger partial charge in [-0.2, -0.15) is 0 Å². The van der Waals surface area contributed by atoms with E-state index < -0.39 is 0 Å². The Kier molecular flexibility index (Phi) is 4.81. The van der Waals surface area contributed by atoms with Crippen LogP contribution in [0.25, 0.3) is 10.9 Å². The average molecular weight is 343 g/mol. The van der Waals surface area contributed by atoms with Crippen LogP contribution in [0.1, 0.15) is 30.7 Å². The second kappa shape index (κ2) is 6.86. The van der Waals surface area contributed by atoms with Crippen LogP contribution in [0, 0.1) is 19.8 Å². The molecule has 0 saturated heterocycles. The van der Waals surface area contributed by atoms with E-state index in [1.54, 1.807) is 0 Å². The van der Waals surface area contributed by atoms with E-state index in [0.29, 0.717) is 18.4 Å². The fourth-order valence-corrected chi connectivity index (χ4v) is 3.25. The summed E-state index contributed by atoms with van der Waals surface area (Å²) in [5, 5.41) is 1.93. The highest BCUT2D eigenvalue weighted by Crippen LogP contribution is 2.32. The molecule has 0 spiro atoms. The fourth-order valence-electron chi connectivity index (χ4n) is 3.04. The highest BCUT2D eigenvalue weighted by molar-refractivity contribution is 6.30. The Hall–Kier alpha value is -2.00. The van der Waals surface area contributed by atoms with Gasteiger partial charge in [0, 0.05) is 28.8 Å². The van der Waals surface area contributed by atoms with Gasteiger partial charge in [0.25, 0.3) is 0 Å². The van der Waals surface area contributed by atoms with Crippen molar-refractivity contribution in [2.75, 3.05) is 0 Å². The van der Waals surface area contributed by atoms with Gasteiger partial charge in [-0.1, -0.05) is 37.6 Å². The number of hydrogen-bond acceptors (Lipinski definition) is 2. The zero-order valence-corrected chi connectivity index (χ0v) is 15.4. The maximum atomic E-state index is 6.06. The zero-order valence-electron chi connectivity index (χ0n) is 14.6. The molecular weight excluding hydrogens is 320 g/mol. The van der Waals surface area contributed by atoms with Gasteiger partial charge in [0.05, 0.1) is 0 Å². The van der Waals surface area contributed by atoms with Gasteiger partial charge < -0.3 is 9.30 Å². The Balaban J connectivity index is 2.00. The van der Waals surface area contributed by atoms with E-state index in [2.05, 4.69) is 43.3 Å². The normalized spacial score (nSPS) is 11.4. The summed E-state index contributed by atoms with van der Waals surface area (Å²) < 4.78 is 8.39. The number of benzene rings is 1. The summed E-state index contributed by atoms with van der Waals surface area (Å²) in [5.74, 6) is 1.24. The smallest absolute Gasteiger partial charge is 0.238 e. The average Bonchev–Trinajstić information content (AvgIpc) is 2.78. The first-order valence-corrected chi connectivity index (χ1v) is 8.66. The predicted octanol–water partition coefficient (Wildman–Crippen LogP) is 5.54. The molecule has 3 nitrogen and oxygen atoms in total. The van der Waals surface area contributed by atoms with Crippen molar-refractivity contribution in [2.45, 2.75) is 40.8 Å². The van der Waals surface area contributed by atoms with Crippen molar-refractivity contribution in [3.05, 3.63) is 58.4 Å². The Morgan fingerprint density at radius 1 is 1.21 bits per heavy atom. The van der Waals surface area contributed by atoms with Crippen molar-refractivity contribution in [2.24, 2.45) is 5.92 Å². The van der Waals surface area contributed by atoms with Crippen molar-refractivity contribution in [1.29, 1.82) is 0 Å². The molecule has 0 N–H and O–H groups in total. The summed E-state index contributed by atoms with van der Waals surface area (Å²) in [5.41, 5.74) is 4.69. The number of fused-ring (bicyclic) bond motifs is 1. The number of ether oxygens (including phenoxy) is 1. The molecule has 0 atom stereocenters. The molecule has 0 unspecified atom stereocenters. The van der Waals surface area contributed by atoms with Crippen molar-refractivity contribution in [3.8, 4) is 5.88 Å². The van der Waals surface area contributed by atoms with Crippen molar-refractivity contribution >= 4 is 22.5 Å². The lowest BCUT2D eigenvalue weighted by molar-refractivity contribution is 0.296. The molecule has 0 saturated carbocycles. The van der Waals surface area contributed by atoms with Crippen molar-refractivity contribution in [3.63, 3.8) is 0 Å². The van der Waals surface area contributed by atoms with Crippen LogP contribution in [0.4, 0.5) is 0 Å². The maximum absolute atomic E-state index is 6.06. The Bertz CT molecular complexity index is 867. The second-order valence-corrected chi connectivity index (χ2v) is 7.08. The predicted molar refractivity (Wildman–Crippen MR) is 99.8 cm³/mol. The largest absolute Gasteiger partial charge is 0.471 e. The summed E-state index contributed by atoms with van der Waals surface area (Å²) in [6, 6.07) is 9.80. The van der Waals surface area contributed by atoms with Crippen LogP contribution >= 0.6 is 11.6 Å². The summed E-state index contributed by atoms with van der Waals surface area (Å²) >= 11 is 6.05. The van der Waals surface area contributed by atoms with Crippen LogP contribution in [0.2, 0.25) is 5.02 Å². The summed E-state index contributed by atoms with van der Waals surface area (Å²) in [7, 11) is 0. The van der Waals surface area contributed by atoms with Crippen LogP contribution < -0.4 is 4.74 Å². The monoisotopic (exact) mass is 342 g/mol. The molecule has 2 aromatic heterocycles. The third-order valence-corrected chi connectivity index (χ3v) is 4.56. The zero-order chi connectivity index (χ0) is 17.3. The van der Waals surface area contributed by atoms with E-state index in [1.165, 1.54) is 16.6 Å². The van der Waals surface area contributed by atoms with E-state index in [1.807, 2.05) is 30.5 Å². The summed E-state index contributed by atoms with van der Waals surface area (Å²) in [6.07, 6.45) is 1.82. The van der Waals surface area contributed by atoms with E-state index in [4.69, 9.17) is 16.3 Å². The van der Waals surface area contributed by atoms with Gasteiger partial charge in [0.1, 0.15) is 12.1 Å². The van der Waals surface area contributed by atoms with Gasteiger partial charge in [-0.05, 0) is 49.1 Å². The molecule has 0 aliphatic heterocycles. The van der Waals surface area contributed by atoms with E-state index >= 15 is 0 Å². The molecule has 0 aliphatic carbocycles. The van der Waals surface area contributed by atoms with Crippen molar-refractivity contribution in [1.82, 2.24) is 9.55 Å².